The summed E-state index contributed by atoms with van der Waals surface area (Å²) in [5, 5.41) is -0.0722. The minimum atomic E-state index is -2.33. The zero-order valence-electron chi connectivity index (χ0n) is 12.2. The summed E-state index contributed by atoms with van der Waals surface area (Å²) >= 11 is 0. The van der Waals surface area contributed by atoms with E-state index in [9.17, 15) is 0 Å². The lowest BCUT2D eigenvalue weighted by molar-refractivity contribution is 0.148. The molecular weight excluding hydrogens is 246 g/mol. The van der Waals surface area contributed by atoms with Crippen LogP contribution in [0.25, 0.3) is 0 Å². The van der Waals surface area contributed by atoms with Gasteiger partial charge in [0.15, 0.2) is 0 Å². The Labute approximate surface area is 113 Å². The van der Waals surface area contributed by atoms with Crippen LogP contribution in [0.5, 0.6) is 0 Å². The smallest absolute Gasteiger partial charge is 0.341 e. The van der Waals surface area contributed by atoms with Gasteiger partial charge in [-0.1, -0.05) is 0 Å². The van der Waals surface area contributed by atoms with E-state index in [0.29, 0.717) is 32.8 Å². The third-order valence-corrected chi connectivity index (χ3v) is 8.03. The molecule has 0 bridgehead atoms. The highest BCUT2D eigenvalue weighted by atomic mass is 28.4. The molecule has 18 heavy (non-hydrogen) atoms. The zero-order valence-corrected chi connectivity index (χ0v) is 13.2. The van der Waals surface area contributed by atoms with Crippen molar-refractivity contribution >= 4 is 8.56 Å². The minimum Gasteiger partial charge on any atom is -0.394 e. The van der Waals surface area contributed by atoms with E-state index in [4.69, 9.17) is 26.1 Å². The average molecular weight is 277 g/mol. The van der Waals surface area contributed by atoms with Gasteiger partial charge in [0.25, 0.3) is 0 Å². The number of hydrogen-bond donors (Lipinski definition) is 3. The summed E-state index contributed by atoms with van der Waals surface area (Å²) in [6, 6.07) is 0. The van der Waals surface area contributed by atoms with Crippen LogP contribution in [0.3, 0.4) is 0 Å². The van der Waals surface area contributed by atoms with Gasteiger partial charge in [0, 0.05) is 18.3 Å². The molecule has 0 saturated heterocycles. The third kappa shape index (κ3) is 4.29. The Kier molecular flexibility index (Phi) is 9.01. The van der Waals surface area contributed by atoms with Crippen molar-refractivity contribution in [2.75, 3.05) is 32.8 Å². The molecule has 110 valence electrons. The SMILES string of the molecule is CCO[Si](C)(OCC)C(CCN)(CCN)CCN. The van der Waals surface area contributed by atoms with E-state index >= 15 is 0 Å². The number of hydrogen-bond acceptors (Lipinski definition) is 5. The Balaban J connectivity index is 5.26. The summed E-state index contributed by atoms with van der Waals surface area (Å²) in [6.07, 6.45) is 2.60. The Bertz CT molecular complexity index is 194. The Morgan fingerprint density at radius 1 is 0.833 bits per heavy atom. The highest BCUT2D eigenvalue weighted by Crippen LogP contribution is 2.48. The van der Waals surface area contributed by atoms with E-state index in [0.717, 1.165) is 19.3 Å². The molecule has 0 aromatic heterocycles. The molecule has 5 nitrogen and oxygen atoms in total. The Morgan fingerprint density at radius 2 is 1.17 bits per heavy atom. The van der Waals surface area contributed by atoms with E-state index in [1.165, 1.54) is 0 Å². The topological polar surface area (TPSA) is 96.5 Å². The molecule has 6 heteroatoms. The van der Waals surface area contributed by atoms with Crippen molar-refractivity contribution in [3.8, 4) is 0 Å². The lowest BCUT2D eigenvalue weighted by atomic mass is 9.96. The predicted molar refractivity (Wildman–Crippen MR) is 78.6 cm³/mol. The minimum absolute atomic E-state index is 0.0722. The first-order valence-corrected chi connectivity index (χ1v) is 9.25. The van der Waals surface area contributed by atoms with E-state index in [1.54, 1.807) is 0 Å². The van der Waals surface area contributed by atoms with Crippen molar-refractivity contribution < 1.29 is 8.85 Å². The number of rotatable bonds is 11. The molecule has 0 aromatic carbocycles. The molecule has 0 aliphatic rings. The molecule has 0 radical (unpaired) electrons. The normalized spacial score (nSPS) is 13.0. The standard InChI is InChI=1S/C12H31N3O2Si/c1-4-16-18(3,17-5-2)12(6-9-13,7-10-14)8-11-15/h4-11,13-15H2,1-3H3. The summed E-state index contributed by atoms with van der Waals surface area (Å²) in [5.41, 5.74) is 17.4. The quantitative estimate of drug-likeness (QED) is 0.488. The average Bonchev–Trinajstić information content (AvgIpc) is 2.30. The van der Waals surface area contributed by atoms with Crippen molar-refractivity contribution in [3.05, 3.63) is 0 Å². The van der Waals surface area contributed by atoms with Gasteiger partial charge in [-0.05, 0) is 59.3 Å². The molecule has 0 heterocycles. The van der Waals surface area contributed by atoms with E-state index < -0.39 is 8.56 Å². The molecule has 0 aliphatic carbocycles. The van der Waals surface area contributed by atoms with E-state index in [2.05, 4.69) is 6.55 Å². The van der Waals surface area contributed by atoms with Crippen molar-refractivity contribution in [1.29, 1.82) is 0 Å². The van der Waals surface area contributed by atoms with Gasteiger partial charge in [-0.3, -0.25) is 0 Å². The van der Waals surface area contributed by atoms with Gasteiger partial charge in [0.2, 0.25) is 0 Å². The number of nitrogens with two attached hydrogens (primary N) is 3. The zero-order chi connectivity index (χ0) is 14.1. The summed E-state index contributed by atoms with van der Waals surface area (Å²) < 4.78 is 12.1. The lowest BCUT2D eigenvalue weighted by Gasteiger charge is -2.45. The van der Waals surface area contributed by atoms with Gasteiger partial charge in [-0.2, -0.15) is 0 Å². The van der Waals surface area contributed by atoms with Crippen LogP contribution >= 0.6 is 0 Å². The van der Waals surface area contributed by atoms with Crippen LogP contribution in [0.15, 0.2) is 0 Å². The molecule has 0 aromatic rings. The van der Waals surface area contributed by atoms with Crippen molar-refractivity contribution in [2.24, 2.45) is 17.2 Å². The molecule has 0 rings (SSSR count). The fourth-order valence-corrected chi connectivity index (χ4v) is 6.38. The van der Waals surface area contributed by atoms with Crippen LogP contribution in [0.2, 0.25) is 11.6 Å². The van der Waals surface area contributed by atoms with Crippen LogP contribution in [0.1, 0.15) is 33.1 Å². The maximum absolute atomic E-state index is 6.04. The van der Waals surface area contributed by atoms with Crippen LogP contribution < -0.4 is 17.2 Å². The highest BCUT2D eigenvalue weighted by molar-refractivity contribution is 6.69. The highest BCUT2D eigenvalue weighted by Gasteiger charge is 2.52. The molecule has 0 unspecified atom stereocenters. The summed E-state index contributed by atoms with van der Waals surface area (Å²) in [5.74, 6) is 0. The van der Waals surface area contributed by atoms with E-state index in [1.807, 2.05) is 13.8 Å². The molecule has 0 amide bonds. The van der Waals surface area contributed by atoms with Crippen LogP contribution in [0, 0.1) is 0 Å². The Hall–Kier alpha value is 0.0169. The third-order valence-electron chi connectivity index (χ3n) is 3.67. The van der Waals surface area contributed by atoms with Gasteiger partial charge in [-0.15, -0.1) is 0 Å². The first-order chi connectivity index (χ1) is 8.55. The van der Waals surface area contributed by atoms with Gasteiger partial charge in [0.1, 0.15) is 0 Å². The maximum atomic E-state index is 6.04. The fraction of sp³-hybridized carbons (Fsp3) is 1.00. The second-order valence-corrected chi connectivity index (χ2v) is 8.24. The van der Waals surface area contributed by atoms with Crippen molar-refractivity contribution in [1.82, 2.24) is 0 Å². The summed E-state index contributed by atoms with van der Waals surface area (Å²) in [7, 11) is -2.33. The Morgan fingerprint density at radius 3 is 1.39 bits per heavy atom. The van der Waals surface area contributed by atoms with Crippen molar-refractivity contribution in [2.45, 2.75) is 44.7 Å². The van der Waals surface area contributed by atoms with Gasteiger partial charge >= 0.3 is 8.56 Å². The second kappa shape index (κ2) is 9.01. The molecular formula is C12H31N3O2Si. The lowest BCUT2D eigenvalue weighted by Crippen LogP contribution is -2.53. The van der Waals surface area contributed by atoms with Gasteiger partial charge in [0.05, 0.1) is 0 Å². The first-order valence-electron chi connectivity index (χ1n) is 6.94. The molecule has 0 fully saturated rings. The van der Waals surface area contributed by atoms with E-state index in [-0.39, 0.29) is 5.04 Å². The maximum Gasteiger partial charge on any atom is 0.341 e. The fourth-order valence-electron chi connectivity index (χ4n) is 2.78. The van der Waals surface area contributed by atoms with Crippen LogP contribution in [-0.2, 0) is 8.85 Å². The molecule has 0 saturated carbocycles. The first kappa shape index (κ1) is 18.0. The summed E-state index contributed by atoms with van der Waals surface area (Å²) in [4.78, 5) is 0. The van der Waals surface area contributed by atoms with Crippen molar-refractivity contribution in [3.63, 3.8) is 0 Å². The monoisotopic (exact) mass is 277 g/mol. The second-order valence-electron chi connectivity index (χ2n) is 4.71. The molecule has 0 aliphatic heterocycles. The van der Waals surface area contributed by atoms with Gasteiger partial charge < -0.3 is 26.1 Å². The van der Waals surface area contributed by atoms with Gasteiger partial charge in [-0.25, -0.2) is 0 Å². The van der Waals surface area contributed by atoms with Crippen LogP contribution in [-0.4, -0.2) is 41.4 Å². The van der Waals surface area contributed by atoms with Crippen LogP contribution in [0.4, 0.5) is 0 Å². The largest absolute Gasteiger partial charge is 0.394 e. The molecule has 6 N–H and O–H groups in total. The summed E-state index contributed by atoms with van der Waals surface area (Å²) in [6.45, 7) is 9.29. The predicted octanol–water partition coefficient (Wildman–Crippen LogP) is 0.918. The molecule has 0 atom stereocenters. The molecule has 0 spiro atoms.